The van der Waals surface area contributed by atoms with Crippen LogP contribution in [-0.2, 0) is 6.54 Å². The van der Waals surface area contributed by atoms with E-state index in [1.807, 2.05) is 26.0 Å². The second-order valence-electron chi connectivity index (χ2n) is 7.47. The fraction of sp³-hybridized carbons (Fsp3) is 0.400. The summed E-state index contributed by atoms with van der Waals surface area (Å²) in [5.41, 5.74) is 2.78. The van der Waals surface area contributed by atoms with Crippen molar-refractivity contribution in [2.45, 2.75) is 27.3 Å². The molecule has 0 spiro atoms. The van der Waals surface area contributed by atoms with Crippen LogP contribution in [0.3, 0.4) is 0 Å². The molecule has 1 aromatic carbocycles. The quantitative estimate of drug-likeness (QED) is 0.521. The summed E-state index contributed by atoms with van der Waals surface area (Å²) in [5.74, 6) is 0.698. The van der Waals surface area contributed by atoms with Gasteiger partial charge in [-0.3, -0.25) is 19.8 Å². The number of hydrogen-bond acceptors (Lipinski definition) is 7. The highest BCUT2D eigenvalue weighted by Crippen LogP contribution is 2.27. The van der Waals surface area contributed by atoms with Gasteiger partial charge in [0, 0.05) is 48.4 Å². The zero-order valence-electron chi connectivity index (χ0n) is 16.7. The number of benzene rings is 1. The number of aryl methyl sites for hydroxylation is 3. The van der Waals surface area contributed by atoms with Crippen molar-refractivity contribution in [1.29, 1.82) is 0 Å². The Hall–Kier alpha value is -2.78. The van der Waals surface area contributed by atoms with E-state index in [0.717, 1.165) is 47.1 Å². The second-order valence-corrected chi connectivity index (χ2v) is 8.67. The molecule has 0 atom stereocenters. The Morgan fingerprint density at radius 1 is 1.21 bits per heavy atom. The number of anilines is 1. The predicted molar refractivity (Wildman–Crippen MR) is 115 cm³/mol. The van der Waals surface area contributed by atoms with E-state index in [0.29, 0.717) is 23.3 Å². The number of nitrogens with zero attached hydrogens (tertiary/aromatic N) is 4. The van der Waals surface area contributed by atoms with E-state index < -0.39 is 0 Å². The predicted octanol–water partition coefficient (Wildman–Crippen LogP) is 3.14. The highest BCUT2D eigenvalue weighted by molar-refractivity contribution is 7.18. The van der Waals surface area contributed by atoms with Crippen LogP contribution in [0.25, 0.3) is 10.2 Å². The fourth-order valence-corrected chi connectivity index (χ4v) is 4.84. The molecule has 0 saturated carbocycles. The third-order valence-corrected chi connectivity index (χ3v) is 6.68. The molecule has 1 fully saturated rings. The van der Waals surface area contributed by atoms with Gasteiger partial charge in [-0.2, -0.15) is 0 Å². The third-order valence-electron chi connectivity index (χ3n) is 5.58. The number of H-pyrrole nitrogens is 1. The van der Waals surface area contributed by atoms with Crippen molar-refractivity contribution in [3.8, 4) is 0 Å². The summed E-state index contributed by atoms with van der Waals surface area (Å²) in [7, 11) is 0. The van der Waals surface area contributed by atoms with Gasteiger partial charge in [0.05, 0.1) is 16.9 Å². The minimum atomic E-state index is -0.349. The summed E-state index contributed by atoms with van der Waals surface area (Å²) in [4.78, 5) is 37.2. The van der Waals surface area contributed by atoms with Crippen LogP contribution >= 0.6 is 11.3 Å². The Kier molecular flexibility index (Phi) is 5.10. The summed E-state index contributed by atoms with van der Waals surface area (Å²) >= 11 is 1.57. The lowest BCUT2D eigenvalue weighted by Crippen LogP contribution is -2.46. The molecule has 1 saturated heterocycles. The average Bonchev–Trinajstić information content (AvgIpc) is 2.96. The zero-order valence-corrected chi connectivity index (χ0v) is 17.5. The van der Waals surface area contributed by atoms with Crippen molar-refractivity contribution in [2.75, 3.05) is 31.1 Å². The Morgan fingerprint density at radius 2 is 1.93 bits per heavy atom. The van der Waals surface area contributed by atoms with Crippen LogP contribution in [0, 0.1) is 30.9 Å². The molecule has 1 N–H and O–H groups in total. The van der Waals surface area contributed by atoms with Gasteiger partial charge < -0.3 is 9.88 Å². The van der Waals surface area contributed by atoms with Gasteiger partial charge in [-0.15, -0.1) is 11.3 Å². The van der Waals surface area contributed by atoms with E-state index in [1.54, 1.807) is 24.3 Å². The van der Waals surface area contributed by atoms with Crippen molar-refractivity contribution >= 4 is 32.9 Å². The van der Waals surface area contributed by atoms with Crippen LogP contribution < -0.4 is 10.5 Å². The Labute approximate surface area is 171 Å². The molecule has 1 aliphatic rings. The molecule has 0 aliphatic carbocycles. The highest BCUT2D eigenvalue weighted by Gasteiger charge is 2.20. The minimum absolute atomic E-state index is 0.0631. The van der Waals surface area contributed by atoms with Crippen LogP contribution in [0.1, 0.15) is 21.8 Å². The van der Waals surface area contributed by atoms with Crippen molar-refractivity contribution < 1.29 is 4.92 Å². The highest BCUT2D eigenvalue weighted by atomic mass is 32.1. The van der Waals surface area contributed by atoms with Gasteiger partial charge in [-0.1, -0.05) is 0 Å². The summed E-state index contributed by atoms with van der Waals surface area (Å²) in [6.45, 7) is 9.66. The number of thiophene rings is 1. The van der Waals surface area contributed by atoms with E-state index in [4.69, 9.17) is 0 Å². The molecule has 2 aromatic heterocycles. The topological polar surface area (TPSA) is 95.4 Å². The lowest BCUT2D eigenvalue weighted by atomic mass is 10.1. The van der Waals surface area contributed by atoms with E-state index in [-0.39, 0.29) is 16.2 Å². The van der Waals surface area contributed by atoms with Gasteiger partial charge in [-0.25, -0.2) is 4.98 Å². The molecule has 9 heteroatoms. The maximum absolute atomic E-state index is 12.5. The number of aromatic nitrogens is 2. The molecule has 1 aliphatic heterocycles. The van der Waals surface area contributed by atoms with Gasteiger partial charge in [0.1, 0.15) is 10.7 Å². The molecule has 29 heavy (non-hydrogen) atoms. The van der Waals surface area contributed by atoms with E-state index >= 15 is 0 Å². The molecule has 4 rings (SSSR count). The minimum Gasteiger partial charge on any atom is -0.369 e. The maximum atomic E-state index is 12.5. The molecule has 3 aromatic rings. The van der Waals surface area contributed by atoms with Crippen LogP contribution in [0.2, 0.25) is 0 Å². The zero-order chi connectivity index (χ0) is 20.7. The number of nitro benzene ring substituents is 1. The molecule has 0 radical (unpaired) electrons. The van der Waals surface area contributed by atoms with E-state index in [9.17, 15) is 14.9 Å². The molecule has 3 heterocycles. The number of rotatable bonds is 4. The third kappa shape index (κ3) is 3.75. The SMILES string of the molecule is Cc1cc(N2CCN(Cc3nc4sc(C)c(C)c4c(=O)[nH]3)CC2)ccc1[N+](=O)[O-]. The average molecular weight is 414 g/mol. The molecule has 0 bridgehead atoms. The van der Waals surface area contributed by atoms with Crippen molar-refractivity contribution in [3.05, 3.63) is 60.5 Å². The number of nitro groups is 1. The summed E-state index contributed by atoms with van der Waals surface area (Å²) in [6.07, 6.45) is 0. The first-order valence-electron chi connectivity index (χ1n) is 9.54. The van der Waals surface area contributed by atoms with E-state index in [1.165, 1.54) is 0 Å². The number of hydrogen-bond donors (Lipinski definition) is 1. The monoisotopic (exact) mass is 413 g/mol. The first-order valence-corrected chi connectivity index (χ1v) is 10.4. The summed E-state index contributed by atoms with van der Waals surface area (Å²) in [5, 5.41) is 11.7. The standard InChI is InChI=1S/C20H23N5O3S/c1-12-10-15(4-5-16(12)25(27)28)24-8-6-23(7-9-24)11-17-21-19(26)18-13(2)14(3)29-20(18)22-17/h4-5,10H,6-9,11H2,1-3H3,(H,21,22,26). The normalized spacial score (nSPS) is 15.2. The van der Waals surface area contributed by atoms with Gasteiger partial charge >= 0.3 is 0 Å². The Morgan fingerprint density at radius 3 is 2.59 bits per heavy atom. The molecular formula is C20H23N5O3S. The van der Waals surface area contributed by atoms with Crippen molar-refractivity contribution in [1.82, 2.24) is 14.9 Å². The van der Waals surface area contributed by atoms with Crippen molar-refractivity contribution in [3.63, 3.8) is 0 Å². The van der Waals surface area contributed by atoms with Gasteiger partial charge in [0.25, 0.3) is 11.2 Å². The Balaban J connectivity index is 1.44. The Bertz CT molecular complexity index is 1140. The fourth-order valence-electron chi connectivity index (χ4n) is 3.79. The molecule has 0 amide bonds. The van der Waals surface area contributed by atoms with Crippen LogP contribution in [0.4, 0.5) is 11.4 Å². The van der Waals surface area contributed by atoms with Gasteiger partial charge in [-0.05, 0) is 38.5 Å². The number of fused-ring (bicyclic) bond motifs is 1. The van der Waals surface area contributed by atoms with E-state index in [2.05, 4.69) is 19.8 Å². The lowest BCUT2D eigenvalue weighted by molar-refractivity contribution is -0.385. The molecular weight excluding hydrogens is 390 g/mol. The second kappa shape index (κ2) is 7.57. The lowest BCUT2D eigenvalue weighted by Gasteiger charge is -2.35. The largest absolute Gasteiger partial charge is 0.369 e. The first kappa shape index (κ1) is 19.5. The summed E-state index contributed by atoms with van der Waals surface area (Å²) < 4.78 is 0. The number of piperazine rings is 1. The first-order chi connectivity index (χ1) is 13.8. The molecule has 8 nitrogen and oxygen atoms in total. The smallest absolute Gasteiger partial charge is 0.272 e. The van der Waals surface area contributed by atoms with Crippen LogP contribution in [-0.4, -0.2) is 46.0 Å². The molecule has 0 unspecified atom stereocenters. The number of nitrogens with one attached hydrogen (secondary N) is 1. The van der Waals surface area contributed by atoms with Gasteiger partial charge in [0.2, 0.25) is 0 Å². The molecule has 152 valence electrons. The number of aromatic amines is 1. The summed E-state index contributed by atoms with van der Waals surface area (Å²) in [6, 6.07) is 5.27. The van der Waals surface area contributed by atoms with Crippen LogP contribution in [0.5, 0.6) is 0 Å². The van der Waals surface area contributed by atoms with Gasteiger partial charge in [0.15, 0.2) is 0 Å². The van der Waals surface area contributed by atoms with Crippen molar-refractivity contribution in [2.24, 2.45) is 0 Å². The van der Waals surface area contributed by atoms with Crippen LogP contribution in [0.15, 0.2) is 23.0 Å². The maximum Gasteiger partial charge on any atom is 0.272 e.